The van der Waals surface area contributed by atoms with Crippen LogP contribution < -0.4 is 11.5 Å². The van der Waals surface area contributed by atoms with E-state index >= 15 is 0 Å². The van der Waals surface area contributed by atoms with Gasteiger partial charge in [-0.2, -0.15) is 0 Å². The smallest absolute Gasteiger partial charge is 0.103 e. The van der Waals surface area contributed by atoms with Crippen molar-refractivity contribution in [1.82, 2.24) is 4.98 Å². The van der Waals surface area contributed by atoms with Gasteiger partial charge in [0.25, 0.3) is 0 Å². The number of hydrogen-bond acceptors (Lipinski definition) is 5. The van der Waals surface area contributed by atoms with Gasteiger partial charge in [0.05, 0.1) is 5.69 Å². The molecule has 0 saturated heterocycles. The second-order valence-corrected chi connectivity index (χ2v) is 2.61. The molecule has 5 heteroatoms. The minimum absolute atomic E-state index is 0.402. The largest absolute Gasteiger partial charge is 0.404 e. The minimum Gasteiger partial charge on any atom is -0.404 e. The topological polar surface area (TPSA) is 113 Å². The lowest BCUT2D eigenvalue weighted by Crippen LogP contribution is -1.99. The van der Waals surface area contributed by atoms with Gasteiger partial charge < -0.3 is 22.3 Å². The molecule has 1 aromatic rings. The predicted molar refractivity (Wildman–Crippen MR) is 57.5 cm³/mol. The molecule has 0 amide bonds. The van der Waals surface area contributed by atoms with Crippen LogP contribution in [0.5, 0.6) is 0 Å². The van der Waals surface area contributed by atoms with Crippen molar-refractivity contribution in [2.75, 3.05) is 5.73 Å². The highest BCUT2D eigenvalue weighted by Gasteiger charge is 2.02. The van der Waals surface area contributed by atoms with Crippen molar-refractivity contribution in [3.63, 3.8) is 0 Å². The molecule has 0 aliphatic heterocycles. The van der Waals surface area contributed by atoms with E-state index in [4.69, 9.17) is 22.3 Å². The third-order valence-corrected chi connectivity index (χ3v) is 1.75. The van der Waals surface area contributed by atoms with Gasteiger partial charge in [-0.05, 0) is 6.07 Å². The summed E-state index contributed by atoms with van der Waals surface area (Å²) in [6.45, 7) is 0. The first-order valence-corrected chi connectivity index (χ1v) is 3.91. The summed E-state index contributed by atoms with van der Waals surface area (Å²) in [6.07, 6.45) is 5.05. The van der Waals surface area contributed by atoms with Crippen molar-refractivity contribution in [2.24, 2.45) is 5.73 Å². The number of aromatic nitrogens is 1. The Bertz CT molecular complexity index is 394. The van der Waals surface area contributed by atoms with Gasteiger partial charge in [-0.25, -0.2) is 0 Å². The van der Waals surface area contributed by atoms with E-state index in [-0.39, 0.29) is 0 Å². The number of nitrogens with two attached hydrogens (primary N) is 2. The van der Waals surface area contributed by atoms with Gasteiger partial charge in [-0.3, -0.25) is 4.98 Å². The van der Waals surface area contributed by atoms with E-state index in [0.29, 0.717) is 22.5 Å². The van der Waals surface area contributed by atoms with Crippen molar-refractivity contribution in [2.45, 2.75) is 0 Å². The van der Waals surface area contributed by atoms with Crippen LogP contribution in [-0.4, -0.2) is 17.4 Å². The Morgan fingerprint density at radius 3 is 2.57 bits per heavy atom. The first-order chi connectivity index (χ1) is 6.72. The molecule has 1 rings (SSSR count). The maximum absolute atomic E-state index is 7.08. The van der Waals surface area contributed by atoms with Crippen molar-refractivity contribution in [1.29, 1.82) is 10.8 Å². The van der Waals surface area contributed by atoms with Crippen LogP contribution in [0.25, 0.3) is 5.57 Å². The van der Waals surface area contributed by atoms with Crippen LogP contribution in [0.4, 0.5) is 5.69 Å². The van der Waals surface area contributed by atoms with Gasteiger partial charge in [0.1, 0.15) is 5.69 Å². The lowest BCUT2D eigenvalue weighted by molar-refractivity contribution is 1.28. The summed E-state index contributed by atoms with van der Waals surface area (Å²) >= 11 is 0. The Labute approximate surface area is 81.5 Å². The maximum atomic E-state index is 7.08. The van der Waals surface area contributed by atoms with Crippen LogP contribution in [0.2, 0.25) is 0 Å². The highest BCUT2D eigenvalue weighted by molar-refractivity contribution is 6.08. The SMILES string of the molecule is N=CC(=CN)c1cnc(C=N)c(N)c1. The zero-order valence-corrected chi connectivity index (χ0v) is 7.49. The summed E-state index contributed by atoms with van der Waals surface area (Å²) in [5.41, 5.74) is 13.0. The zero-order valence-electron chi connectivity index (χ0n) is 7.49. The molecule has 14 heavy (non-hydrogen) atoms. The molecule has 0 atom stereocenters. The Kier molecular flexibility index (Phi) is 2.96. The van der Waals surface area contributed by atoms with Gasteiger partial charge >= 0.3 is 0 Å². The van der Waals surface area contributed by atoms with Crippen molar-refractivity contribution in [3.8, 4) is 0 Å². The molecule has 0 fully saturated rings. The number of anilines is 1. The number of nitrogens with zero attached hydrogens (tertiary/aromatic N) is 1. The summed E-state index contributed by atoms with van der Waals surface area (Å²) in [4.78, 5) is 3.95. The highest BCUT2D eigenvalue weighted by Crippen LogP contribution is 2.15. The molecule has 6 N–H and O–H groups in total. The number of hydrogen-bond donors (Lipinski definition) is 4. The Morgan fingerprint density at radius 2 is 2.14 bits per heavy atom. The van der Waals surface area contributed by atoms with Gasteiger partial charge in [0.2, 0.25) is 0 Å². The Morgan fingerprint density at radius 1 is 1.43 bits per heavy atom. The number of allylic oxidation sites excluding steroid dienone is 1. The van der Waals surface area contributed by atoms with E-state index in [1.807, 2.05) is 0 Å². The number of nitrogens with one attached hydrogen (secondary N) is 2. The summed E-state index contributed by atoms with van der Waals surface area (Å²) in [5.74, 6) is 0. The van der Waals surface area contributed by atoms with Gasteiger partial charge in [-0.15, -0.1) is 0 Å². The van der Waals surface area contributed by atoms with E-state index in [1.165, 1.54) is 12.4 Å². The second kappa shape index (κ2) is 4.18. The second-order valence-electron chi connectivity index (χ2n) is 2.61. The maximum Gasteiger partial charge on any atom is 0.103 e. The van der Waals surface area contributed by atoms with Crippen molar-refractivity contribution >= 4 is 23.7 Å². The van der Waals surface area contributed by atoms with Crippen molar-refractivity contribution in [3.05, 3.63) is 29.7 Å². The Hall–Kier alpha value is -2.17. The van der Waals surface area contributed by atoms with Crippen molar-refractivity contribution < 1.29 is 0 Å². The zero-order chi connectivity index (χ0) is 10.6. The molecule has 5 nitrogen and oxygen atoms in total. The summed E-state index contributed by atoms with van der Waals surface area (Å²) in [7, 11) is 0. The van der Waals surface area contributed by atoms with E-state index < -0.39 is 0 Å². The number of nitrogen functional groups attached to an aromatic ring is 1. The van der Waals surface area contributed by atoms with Gasteiger partial charge in [-0.1, -0.05) is 0 Å². The quantitative estimate of drug-likeness (QED) is 0.522. The molecular weight excluding hydrogens is 178 g/mol. The van der Waals surface area contributed by atoms with Crippen LogP contribution in [0.15, 0.2) is 18.5 Å². The third-order valence-electron chi connectivity index (χ3n) is 1.75. The minimum atomic E-state index is 0.402. The standard InChI is InChI=1S/C9H11N5/c10-2-7(3-11)6-1-8(13)9(4-12)14-5-6/h1-5,10,12H,11,13H2. The molecular formula is C9H11N5. The third kappa shape index (κ3) is 1.77. The van der Waals surface area contributed by atoms with Crippen LogP contribution in [-0.2, 0) is 0 Å². The van der Waals surface area contributed by atoms with E-state index in [2.05, 4.69) is 4.98 Å². The molecule has 0 saturated carbocycles. The predicted octanol–water partition coefficient (Wildman–Crippen LogP) is 0.611. The van der Waals surface area contributed by atoms with Gasteiger partial charge in [0, 0.05) is 36.0 Å². The summed E-state index contributed by atoms with van der Waals surface area (Å²) in [5, 5.41) is 14.1. The lowest BCUT2D eigenvalue weighted by Gasteiger charge is -2.03. The molecule has 0 unspecified atom stereocenters. The first-order valence-electron chi connectivity index (χ1n) is 3.91. The molecule has 0 radical (unpaired) electrons. The number of pyridine rings is 1. The average molecular weight is 189 g/mol. The van der Waals surface area contributed by atoms with Crippen LogP contribution in [0.1, 0.15) is 11.3 Å². The molecule has 72 valence electrons. The molecule has 0 aliphatic carbocycles. The van der Waals surface area contributed by atoms with Crippen LogP contribution in [0.3, 0.4) is 0 Å². The fourth-order valence-electron chi connectivity index (χ4n) is 0.999. The fraction of sp³-hybridized carbons (Fsp3) is 0. The highest BCUT2D eigenvalue weighted by atomic mass is 14.7. The van der Waals surface area contributed by atoms with E-state index in [0.717, 1.165) is 12.4 Å². The fourth-order valence-corrected chi connectivity index (χ4v) is 0.999. The molecule has 1 aromatic heterocycles. The average Bonchev–Trinajstić information content (AvgIpc) is 2.20. The monoisotopic (exact) mass is 189 g/mol. The normalized spacial score (nSPS) is 11.0. The molecule has 0 bridgehead atoms. The molecule has 0 aromatic carbocycles. The van der Waals surface area contributed by atoms with Gasteiger partial charge in [0.15, 0.2) is 0 Å². The lowest BCUT2D eigenvalue weighted by atomic mass is 10.1. The van der Waals surface area contributed by atoms with Crippen LogP contribution >= 0.6 is 0 Å². The summed E-state index contributed by atoms with van der Waals surface area (Å²) < 4.78 is 0. The first kappa shape index (κ1) is 9.91. The molecule has 0 aliphatic rings. The number of rotatable bonds is 3. The summed E-state index contributed by atoms with van der Waals surface area (Å²) in [6, 6.07) is 1.64. The van der Waals surface area contributed by atoms with E-state index in [9.17, 15) is 0 Å². The van der Waals surface area contributed by atoms with E-state index in [1.54, 1.807) is 6.07 Å². The molecule has 1 heterocycles. The molecule has 0 spiro atoms. The Balaban J connectivity index is 3.20. The van der Waals surface area contributed by atoms with Crippen LogP contribution in [0, 0.1) is 10.8 Å².